The molecule has 4 aromatic rings. The lowest BCUT2D eigenvalue weighted by atomic mass is 9.95. The molecule has 1 saturated heterocycles. The van der Waals surface area contributed by atoms with E-state index >= 15 is 0 Å². The Labute approximate surface area is 276 Å². The van der Waals surface area contributed by atoms with Gasteiger partial charge in [0, 0.05) is 94.3 Å². The fourth-order valence-corrected chi connectivity index (χ4v) is 6.78. The summed E-state index contributed by atoms with van der Waals surface area (Å²) in [6.07, 6.45) is 7.99. The van der Waals surface area contributed by atoms with Crippen LogP contribution in [0.15, 0.2) is 60.8 Å². The average molecular weight is 637 g/mol. The minimum absolute atomic E-state index is 0.0182. The Morgan fingerprint density at radius 2 is 1.68 bits per heavy atom. The van der Waals surface area contributed by atoms with Crippen LogP contribution in [0.3, 0.4) is 0 Å². The Kier molecular flexibility index (Phi) is 9.70. The SMILES string of the molecule is CNC(=O)CCC(C=O)c1cccc(N2CCN(c3ccc(Nc4ncc5cc(C(=O)N(C)C)n(C6CCCC6)c5n4)cc3)CC2)c1. The molecule has 2 aliphatic rings. The van der Waals surface area contributed by atoms with Gasteiger partial charge in [0.05, 0.1) is 0 Å². The van der Waals surface area contributed by atoms with Crippen molar-refractivity contribution < 1.29 is 14.4 Å². The first-order chi connectivity index (χ1) is 22.8. The Morgan fingerprint density at radius 3 is 2.34 bits per heavy atom. The fraction of sp³-hybridized carbons (Fsp3) is 0.417. The second kappa shape index (κ2) is 14.2. The first-order valence-electron chi connectivity index (χ1n) is 16.6. The van der Waals surface area contributed by atoms with E-state index in [1.54, 1.807) is 32.2 Å². The molecule has 1 aliphatic heterocycles. The van der Waals surface area contributed by atoms with E-state index < -0.39 is 0 Å². The average Bonchev–Trinajstić information content (AvgIpc) is 3.76. The summed E-state index contributed by atoms with van der Waals surface area (Å²) in [5.41, 5.74) is 5.56. The van der Waals surface area contributed by atoms with Gasteiger partial charge < -0.3 is 34.7 Å². The monoisotopic (exact) mass is 636 g/mol. The topological polar surface area (TPSA) is 116 Å². The molecular weight excluding hydrogens is 592 g/mol. The number of benzene rings is 2. The quantitative estimate of drug-likeness (QED) is 0.218. The lowest BCUT2D eigenvalue weighted by molar-refractivity contribution is -0.120. The Bertz CT molecular complexity index is 1720. The highest BCUT2D eigenvalue weighted by atomic mass is 16.2. The van der Waals surface area contributed by atoms with Crippen LogP contribution in [0.1, 0.15) is 66.5 Å². The molecule has 11 heteroatoms. The van der Waals surface area contributed by atoms with Gasteiger partial charge in [0.2, 0.25) is 11.9 Å². The number of rotatable bonds is 11. The van der Waals surface area contributed by atoms with Crippen molar-refractivity contribution in [3.63, 3.8) is 0 Å². The van der Waals surface area contributed by atoms with Crippen LogP contribution in [0.5, 0.6) is 0 Å². The van der Waals surface area contributed by atoms with Gasteiger partial charge in [-0.05, 0) is 67.3 Å². The van der Waals surface area contributed by atoms with Crippen LogP contribution in [0, 0.1) is 0 Å². The maximum absolute atomic E-state index is 13.0. The van der Waals surface area contributed by atoms with E-state index in [2.05, 4.69) is 54.2 Å². The predicted molar refractivity (Wildman–Crippen MR) is 186 cm³/mol. The summed E-state index contributed by atoms with van der Waals surface area (Å²) in [6, 6.07) is 18.7. The third-order valence-electron chi connectivity index (χ3n) is 9.45. The largest absolute Gasteiger partial charge is 0.368 e. The molecule has 47 heavy (non-hydrogen) atoms. The molecule has 1 aliphatic carbocycles. The summed E-state index contributed by atoms with van der Waals surface area (Å²) >= 11 is 0. The molecule has 2 aromatic heterocycles. The molecule has 6 rings (SSSR count). The standard InChI is InChI=1S/C36H44N8O3/c1-37-33(46)16-11-26(24-45)25-7-6-10-31(21-25)43-19-17-42(18-20-43)29-14-12-28(13-15-29)39-36-38-23-27-22-32(35(47)41(2)3)44(34(27)40-36)30-8-4-5-9-30/h6-7,10,12-15,21-24,26,30H,4-5,8-9,11,16-20H2,1-3H3,(H,37,46)(H,38,39,40). The number of aldehydes is 1. The van der Waals surface area contributed by atoms with Crippen molar-refractivity contribution in [2.75, 3.05) is 62.4 Å². The highest BCUT2D eigenvalue weighted by Gasteiger charge is 2.27. The van der Waals surface area contributed by atoms with Gasteiger partial charge >= 0.3 is 0 Å². The van der Waals surface area contributed by atoms with Gasteiger partial charge in [0.1, 0.15) is 17.6 Å². The minimum Gasteiger partial charge on any atom is -0.368 e. The molecule has 2 aromatic carbocycles. The molecule has 246 valence electrons. The molecule has 11 nitrogen and oxygen atoms in total. The van der Waals surface area contributed by atoms with Crippen molar-refractivity contribution in [3.8, 4) is 0 Å². The summed E-state index contributed by atoms with van der Waals surface area (Å²) in [6.45, 7) is 3.47. The number of carbonyl (C=O) groups excluding carboxylic acids is 3. The zero-order valence-corrected chi connectivity index (χ0v) is 27.5. The number of piperazine rings is 1. The highest BCUT2D eigenvalue weighted by molar-refractivity contribution is 5.98. The normalized spacial score (nSPS) is 15.9. The number of nitrogens with zero attached hydrogens (tertiary/aromatic N) is 6. The predicted octanol–water partition coefficient (Wildman–Crippen LogP) is 5.13. The second-order valence-corrected chi connectivity index (χ2v) is 12.7. The van der Waals surface area contributed by atoms with Crippen LogP contribution < -0.4 is 20.4 Å². The van der Waals surface area contributed by atoms with Crippen molar-refractivity contribution in [2.24, 2.45) is 0 Å². The number of hydrogen-bond acceptors (Lipinski definition) is 8. The lowest BCUT2D eigenvalue weighted by Gasteiger charge is -2.37. The van der Waals surface area contributed by atoms with Gasteiger partial charge in [-0.15, -0.1) is 0 Å². The maximum Gasteiger partial charge on any atom is 0.270 e. The molecule has 1 saturated carbocycles. The molecule has 2 N–H and O–H groups in total. The number of fused-ring (bicyclic) bond motifs is 1. The number of aromatic nitrogens is 3. The van der Waals surface area contributed by atoms with Crippen LogP contribution in [0.25, 0.3) is 11.0 Å². The van der Waals surface area contributed by atoms with Gasteiger partial charge in [-0.2, -0.15) is 4.98 Å². The molecule has 0 bridgehead atoms. The Morgan fingerprint density at radius 1 is 0.979 bits per heavy atom. The van der Waals surface area contributed by atoms with E-state index in [1.165, 1.54) is 0 Å². The molecular formula is C36H44N8O3. The van der Waals surface area contributed by atoms with Crippen molar-refractivity contribution in [1.29, 1.82) is 0 Å². The third kappa shape index (κ3) is 7.08. The van der Waals surface area contributed by atoms with E-state index in [4.69, 9.17) is 4.98 Å². The van der Waals surface area contributed by atoms with E-state index in [0.717, 1.165) is 91.8 Å². The summed E-state index contributed by atoms with van der Waals surface area (Å²) in [5, 5.41) is 6.87. The van der Waals surface area contributed by atoms with Gasteiger partial charge in [0.15, 0.2) is 0 Å². The van der Waals surface area contributed by atoms with Crippen LogP contribution in [-0.4, -0.2) is 84.9 Å². The third-order valence-corrected chi connectivity index (χ3v) is 9.45. The first kappa shape index (κ1) is 32.0. The zero-order chi connectivity index (χ0) is 32.9. The van der Waals surface area contributed by atoms with E-state index in [-0.39, 0.29) is 23.8 Å². The van der Waals surface area contributed by atoms with Crippen LogP contribution in [0.2, 0.25) is 0 Å². The molecule has 2 amide bonds. The minimum atomic E-state index is -0.296. The summed E-state index contributed by atoms with van der Waals surface area (Å²) < 4.78 is 2.13. The van der Waals surface area contributed by atoms with Crippen molar-refractivity contribution in [2.45, 2.75) is 50.5 Å². The molecule has 1 atom stereocenters. The van der Waals surface area contributed by atoms with Crippen LogP contribution in [-0.2, 0) is 9.59 Å². The number of nitrogens with one attached hydrogen (secondary N) is 2. The molecule has 1 unspecified atom stereocenters. The number of hydrogen-bond donors (Lipinski definition) is 2. The first-order valence-corrected chi connectivity index (χ1v) is 16.6. The van der Waals surface area contributed by atoms with Gasteiger partial charge in [-0.1, -0.05) is 25.0 Å². The Hall–Kier alpha value is -4.93. The van der Waals surface area contributed by atoms with Crippen molar-refractivity contribution in [1.82, 2.24) is 24.8 Å². The fourth-order valence-electron chi connectivity index (χ4n) is 6.78. The number of carbonyl (C=O) groups is 3. The van der Waals surface area contributed by atoms with Crippen molar-refractivity contribution in [3.05, 3.63) is 72.1 Å². The molecule has 2 fully saturated rings. The smallest absolute Gasteiger partial charge is 0.270 e. The number of anilines is 4. The van der Waals surface area contributed by atoms with E-state index in [0.29, 0.717) is 24.5 Å². The lowest BCUT2D eigenvalue weighted by Crippen LogP contribution is -2.46. The van der Waals surface area contributed by atoms with Gasteiger partial charge in [-0.3, -0.25) is 9.59 Å². The maximum atomic E-state index is 13.0. The van der Waals surface area contributed by atoms with Gasteiger partial charge in [0.25, 0.3) is 5.91 Å². The number of amides is 2. The van der Waals surface area contributed by atoms with E-state index in [9.17, 15) is 14.4 Å². The summed E-state index contributed by atoms with van der Waals surface area (Å²) in [5.74, 6) is 0.139. The molecule has 0 spiro atoms. The van der Waals surface area contributed by atoms with Crippen LogP contribution >= 0.6 is 0 Å². The van der Waals surface area contributed by atoms with Crippen molar-refractivity contribution >= 4 is 52.1 Å². The van der Waals surface area contributed by atoms with Crippen LogP contribution in [0.4, 0.5) is 23.0 Å². The Balaban J connectivity index is 1.10. The second-order valence-electron chi connectivity index (χ2n) is 12.7. The highest BCUT2D eigenvalue weighted by Crippen LogP contribution is 2.35. The molecule has 0 radical (unpaired) electrons. The van der Waals surface area contributed by atoms with Gasteiger partial charge in [-0.25, -0.2) is 4.98 Å². The molecule has 3 heterocycles. The zero-order valence-electron chi connectivity index (χ0n) is 27.5. The summed E-state index contributed by atoms with van der Waals surface area (Å²) in [7, 11) is 5.18. The van der Waals surface area contributed by atoms with E-state index in [1.807, 2.05) is 30.3 Å². The summed E-state index contributed by atoms with van der Waals surface area (Å²) in [4.78, 5) is 52.3.